The molecular formula is C15H18O6. The summed E-state index contributed by atoms with van der Waals surface area (Å²) in [6, 6.07) is 4.58. The molecule has 0 heterocycles. The molecule has 1 rings (SSSR count). The topological polar surface area (TPSA) is 82.1 Å². The molecule has 1 aromatic rings. The summed E-state index contributed by atoms with van der Waals surface area (Å²) in [6.45, 7) is 6.59. The summed E-state index contributed by atoms with van der Waals surface area (Å²) in [5.41, 5.74) is 0.254. The number of phenolic OH excluding ortho intramolecular Hbond substituents is 1. The smallest absolute Gasteiger partial charge is 0.336 e. The van der Waals surface area contributed by atoms with Gasteiger partial charge in [0.15, 0.2) is 17.8 Å². The number of aldehydes is 1. The third-order valence-corrected chi connectivity index (χ3v) is 2.45. The lowest BCUT2D eigenvalue weighted by atomic mass is 10.3. The Labute approximate surface area is 122 Å². The maximum atomic E-state index is 11.5. The van der Waals surface area contributed by atoms with Crippen LogP contribution in [0.25, 0.3) is 0 Å². The minimum Gasteiger partial charge on any atom is -0.502 e. The Morgan fingerprint density at radius 3 is 2.67 bits per heavy atom. The van der Waals surface area contributed by atoms with E-state index in [2.05, 4.69) is 6.58 Å². The summed E-state index contributed by atoms with van der Waals surface area (Å²) in [6.07, 6.45) is 0.0929. The van der Waals surface area contributed by atoms with E-state index in [-0.39, 0.29) is 29.4 Å². The van der Waals surface area contributed by atoms with Crippen molar-refractivity contribution in [2.45, 2.75) is 26.6 Å². The van der Waals surface area contributed by atoms with Gasteiger partial charge in [-0.2, -0.15) is 0 Å². The highest BCUT2D eigenvalue weighted by atomic mass is 16.7. The molecule has 21 heavy (non-hydrogen) atoms. The van der Waals surface area contributed by atoms with Crippen molar-refractivity contribution in [2.24, 2.45) is 0 Å². The number of esters is 1. The van der Waals surface area contributed by atoms with Gasteiger partial charge in [0.1, 0.15) is 6.61 Å². The quantitative estimate of drug-likeness (QED) is 0.342. The molecule has 0 saturated carbocycles. The van der Waals surface area contributed by atoms with Crippen molar-refractivity contribution in [1.82, 2.24) is 0 Å². The molecule has 0 bridgehead atoms. The lowest BCUT2D eigenvalue weighted by Gasteiger charge is -2.19. The molecule has 0 aliphatic heterocycles. The molecule has 0 aliphatic rings. The lowest BCUT2D eigenvalue weighted by molar-refractivity contribution is -0.159. The van der Waals surface area contributed by atoms with Crippen molar-refractivity contribution in [3.63, 3.8) is 0 Å². The van der Waals surface area contributed by atoms with Crippen LogP contribution in [0.15, 0.2) is 30.4 Å². The van der Waals surface area contributed by atoms with Crippen molar-refractivity contribution in [3.05, 3.63) is 30.4 Å². The van der Waals surface area contributed by atoms with Gasteiger partial charge < -0.3 is 19.3 Å². The molecule has 0 spiro atoms. The molecule has 0 saturated heterocycles. The van der Waals surface area contributed by atoms with E-state index in [0.717, 1.165) is 0 Å². The molecule has 1 N–H and O–H groups in total. The SMILES string of the molecule is C=C(C)C(=O)OC(CC)Oc1cccc(OCC=O)c1O. The molecule has 1 unspecified atom stereocenters. The van der Waals surface area contributed by atoms with E-state index in [9.17, 15) is 14.7 Å². The number of hydrogen-bond acceptors (Lipinski definition) is 6. The standard InChI is InChI=1S/C15H18O6/c1-4-13(21-15(18)10(2)3)20-12-7-5-6-11(14(12)17)19-9-8-16/h5-8,13,17H,2,4,9H2,1,3H3. The van der Waals surface area contributed by atoms with Crippen molar-refractivity contribution in [3.8, 4) is 17.2 Å². The summed E-state index contributed by atoms with van der Waals surface area (Å²) in [4.78, 5) is 21.7. The summed E-state index contributed by atoms with van der Waals surface area (Å²) >= 11 is 0. The van der Waals surface area contributed by atoms with E-state index < -0.39 is 12.3 Å². The van der Waals surface area contributed by atoms with E-state index in [1.165, 1.54) is 19.1 Å². The molecular weight excluding hydrogens is 276 g/mol. The Kier molecular flexibility index (Phi) is 6.26. The number of phenols is 1. The highest BCUT2D eigenvalue weighted by molar-refractivity contribution is 5.87. The normalized spacial score (nSPS) is 11.3. The zero-order valence-electron chi connectivity index (χ0n) is 12.0. The second-order valence-electron chi connectivity index (χ2n) is 4.22. The van der Waals surface area contributed by atoms with E-state index in [4.69, 9.17) is 14.2 Å². The van der Waals surface area contributed by atoms with Crippen LogP contribution in [0.5, 0.6) is 17.2 Å². The summed E-state index contributed by atoms with van der Waals surface area (Å²) < 4.78 is 15.5. The monoisotopic (exact) mass is 294 g/mol. The van der Waals surface area contributed by atoms with Crippen LogP contribution in [-0.2, 0) is 14.3 Å². The van der Waals surface area contributed by atoms with Crippen LogP contribution in [-0.4, -0.2) is 30.3 Å². The number of rotatable bonds is 8. The highest BCUT2D eigenvalue weighted by Crippen LogP contribution is 2.36. The van der Waals surface area contributed by atoms with Crippen LogP contribution in [0.1, 0.15) is 20.3 Å². The number of benzene rings is 1. The number of aromatic hydroxyl groups is 1. The second-order valence-corrected chi connectivity index (χ2v) is 4.22. The highest BCUT2D eigenvalue weighted by Gasteiger charge is 2.18. The second kappa shape index (κ2) is 7.94. The molecule has 114 valence electrons. The van der Waals surface area contributed by atoms with Crippen molar-refractivity contribution < 1.29 is 28.9 Å². The van der Waals surface area contributed by atoms with Crippen LogP contribution in [0.2, 0.25) is 0 Å². The average molecular weight is 294 g/mol. The van der Waals surface area contributed by atoms with Gasteiger partial charge in [0.05, 0.1) is 0 Å². The third-order valence-electron chi connectivity index (χ3n) is 2.45. The fourth-order valence-electron chi connectivity index (χ4n) is 1.39. The zero-order valence-corrected chi connectivity index (χ0v) is 12.0. The van der Waals surface area contributed by atoms with Gasteiger partial charge in [-0.15, -0.1) is 0 Å². The average Bonchev–Trinajstić information content (AvgIpc) is 2.46. The first-order valence-corrected chi connectivity index (χ1v) is 6.41. The van der Waals surface area contributed by atoms with Gasteiger partial charge >= 0.3 is 5.97 Å². The Hall–Kier alpha value is -2.50. The molecule has 0 fully saturated rings. The molecule has 6 heteroatoms. The Bertz CT molecular complexity index is 523. The van der Waals surface area contributed by atoms with Crippen molar-refractivity contribution in [2.75, 3.05) is 6.61 Å². The van der Waals surface area contributed by atoms with E-state index in [0.29, 0.717) is 12.7 Å². The summed E-state index contributed by atoms with van der Waals surface area (Å²) in [5.74, 6) is -0.626. The van der Waals surface area contributed by atoms with Gasteiger partial charge in [-0.3, -0.25) is 4.79 Å². The fourth-order valence-corrected chi connectivity index (χ4v) is 1.39. The van der Waals surface area contributed by atoms with Crippen LogP contribution in [0.4, 0.5) is 0 Å². The van der Waals surface area contributed by atoms with Crippen molar-refractivity contribution in [1.29, 1.82) is 0 Å². The number of hydrogen-bond donors (Lipinski definition) is 1. The van der Waals surface area contributed by atoms with E-state index >= 15 is 0 Å². The van der Waals surface area contributed by atoms with Gasteiger partial charge in [-0.25, -0.2) is 4.79 Å². The van der Waals surface area contributed by atoms with Gasteiger partial charge in [-0.1, -0.05) is 19.6 Å². The zero-order chi connectivity index (χ0) is 15.8. The summed E-state index contributed by atoms with van der Waals surface area (Å²) in [5, 5.41) is 9.98. The summed E-state index contributed by atoms with van der Waals surface area (Å²) in [7, 11) is 0. The molecule has 0 aromatic heterocycles. The van der Waals surface area contributed by atoms with E-state index in [1.807, 2.05) is 0 Å². The first-order valence-electron chi connectivity index (χ1n) is 6.41. The van der Waals surface area contributed by atoms with Crippen LogP contribution in [0.3, 0.4) is 0 Å². The molecule has 0 radical (unpaired) electrons. The van der Waals surface area contributed by atoms with Gasteiger partial charge in [0.25, 0.3) is 0 Å². The first kappa shape index (κ1) is 16.6. The molecule has 1 aromatic carbocycles. The molecule has 0 aliphatic carbocycles. The predicted molar refractivity (Wildman–Crippen MR) is 75.3 cm³/mol. The number of carbonyl (C=O) groups is 2. The molecule has 1 atom stereocenters. The number of ether oxygens (including phenoxy) is 3. The van der Waals surface area contributed by atoms with Gasteiger partial charge in [-0.05, 0) is 19.1 Å². The predicted octanol–water partition coefficient (Wildman–Crippen LogP) is 2.20. The van der Waals surface area contributed by atoms with Crippen LogP contribution >= 0.6 is 0 Å². The minimum atomic E-state index is -0.860. The number of para-hydroxylation sites is 1. The first-order chi connectivity index (χ1) is 9.99. The molecule has 6 nitrogen and oxygen atoms in total. The lowest BCUT2D eigenvalue weighted by Crippen LogP contribution is -2.23. The Balaban J connectivity index is 2.82. The largest absolute Gasteiger partial charge is 0.502 e. The maximum Gasteiger partial charge on any atom is 0.336 e. The minimum absolute atomic E-state index is 0.0970. The van der Waals surface area contributed by atoms with Gasteiger partial charge in [0.2, 0.25) is 12.0 Å². The maximum absolute atomic E-state index is 11.5. The Morgan fingerprint density at radius 2 is 2.10 bits per heavy atom. The molecule has 0 amide bonds. The third kappa shape index (κ3) is 4.83. The van der Waals surface area contributed by atoms with E-state index in [1.54, 1.807) is 13.0 Å². The van der Waals surface area contributed by atoms with Crippen LogP contribution < -0.4 is 9.47 Å². The number of carbonyl (C=O) groups excluding carboxylic acids is 2. The van der Waals surface area contributed by atoms with Crippen molar-refractivity contribution >= 4 is 12.3 Å². The Morgan fingerprint density at radius 1 is 1.43 bits per heavy atom. The fraction of sp³-hybridized carbons (Fsp3) is 0.333. The van der Waals surface area contributed by atoms with Gasteiger partial charge in [0, 0.05) is 12.0 Å². The van der Waals surface area contributed by atoms with Crippen LogP contribution in [0, 0.1) is 0 Å².